The highest BCUT2D eigenvalue weighted by Gasteiger charge is 2.04. The number of phenols is 1. The lowest BCUT2D eigenvalue weighted by Crippen LogP contribution is -2.38. The van der Waals surface area contributed by atoms with Crippen LogP contribution in [0.3, 0.4) is 0 Å². The van der Waals surface area contributed by atoms with Crippen LogP contribution < -0.4 is 20.1 Å². The Morgan fingerprint density at radius 2 is 1.67 bits per heavy atom. The number of aromatic hydroxyl groups is 1. The van der Waals surface area contributed by atoms with Crippen LogP contribution in [0, 0.1) is 0 Å². The van der Waals surface area contributed by atoms with Crippen molar-refractivity contribution in [1.29, 1.82) is 0 Å². The van der Waals surface area contributed by atoms with Crippen LogP contribution in [-0.2, 0) is 6.42 Å². The van der Waals surface area contributed by atoms with Crippen LogP contribution in [0.5, 0.6) is 17.2 Å². The van der Waals surface area contributed by atoms with Crippen LogP contribution in [0.1, 0.15) is 12.5 Å². The van der Waals surface area contributed by atoms with Crippen molar-refractivity contribution >= 4 is 6.03 Å². The normalized spacial score (nSPS) is 10.0. The van der Waals surface area contributed by atoms with Crippen molar-refractivity contribution in [2.75, 3.05) is 19.9 Å². The van der Waals surface area contributed by atoms with Gasteiger partial charge < -0.3 is 25.2 Å². The van der Waals surface area contributed by atoms with Crippen molar-refractivity contribution in [3.05, 3.63) is 54.1 Å². The van der Waals surface area contributed by atoms with E-state index < -0.39 is 0 Å². The summed E-state index contributed by atoms with van der Waals surface area (Å²) < 4.78 is 11.0. The van der Waals surface area contributed by atoms with Crippen molar-refractivity contribution in [1.82, 2.24) is 10.6 Å². The second-order valence-electron chi connectivity index (χ2n) is 5.02. The van der Waals surface area contributed by atoms with Gasteiger partial charge in [0.2, 0.25) is 0 Å². The highest BCUT2D eigenvalue weighted by molar-refractivity contribution is 5.73. The maximum Gasteiger partial charge on any atom is 0.317 e. The van der Waals surface area contributed by atoms with E-state index in [-0.39, 0.29) is 18.5 Å². The van der Waals surface area contributed by atoms with Gasteiger partial charge in [-0.3, -0.25) is 0 Å². The monoisotopic (exact) mass is 330 g/mol. The van der Waals surface area contributed by atoms with Gasteiger partial charge in [0.05, 0.1) is 6.61 Å². The lowest BCUT2D eigenvalue weighted by molar-refractivity contribution is 0.220. The number of phenolic OH excluding ortho intramolecular Hbond substituents is 1. The smallest absolute Gasteiger partial charge is 0.317 e. The minimum atomic E-state index is -0.303. The average Bonchev–Trinajstić information content (AvgIpc) is 2.58. The summed E-state index contributed by atoms with van der Waals surface area (Å²) in [6.45, 7) is 2.99. The van der Waals surface area contributed by atoms with Crippen molar-refractivity contribution in [3.63, 3.8) is 0 Å². The van der Waals surface area contributed by atoms with E-state index in [2.05, 4.69) is 10.6 Å². The maximum absolute atomic E-state index is 11.7. The molecule has 0 saturated heterocycles. The second-order valence-corrected chi connectivity index (χ2v) is 5.02. The third kappa shape index (κ3) is 5.72. The van der Waals surface area contributed by atoms with Crippen LogP contribution in [-0.4, -0.2) is 31.0 Å². The summed E-state index contributed by atoms with van der Waals surface area (Å²) in [6, 6.07) is 13.9. The lowest BCUT2D eigenvalue weighted by atomic mass is 10.1. The van der Waals surface area contributed by atoms with E-state index in [4.69, 9.17) is 9.47 Å². The first-order valence-corrected chi connectivity index (χ1v) is 7.83. The number of hydrogen-bond acceptors (Lipinski definition) is 4. The fraction of sp³-hybridized carbons (Fsp3) is 0.278. The summed E-state index contributed by atoms with van der Waals surface area (Å²) in [7, 11) is 0. The summed E-state index contributed by atoms with van der Waals surface area (Å²) >= 11 is 0. The molecule has 0 radical (unpaired) electrons. The Bertz CT molecular complexity index is 644. The number of rotatable bonds is 8. The Kier molecular flexibility index (Phi) is 6.76. The Labute approximate surface area is 141 Å². The van der Waals surface area contributed by atoms with Gasteiger partial charge in [-0.2, -0.15) is 0 Å². The molecule has 0 bridgehead atoms. The molecule has 0 saturated carbocycles. The quantitative estimate of drug-likeness (QED) is 0.650. The number of carbonyl (C=O) groups excluding carboxylic acids is 1. The van der Waals surface area contributed by atoms with Crippen LogP contribution in [0.2, 0.25) is 0 Å². The first kappa shape index (κ1) is 17.5. The zero-order valence-corrected chi connectivity index (χ0v) is 13.6. The Balaban J connectivity index is 1.67. The van der Waals surface area contributed by atoms with Gasteiger partial charge in [-0.25, -0.2) is 4.79 Å². The molecule has 0 aromatic heterocycles. The minimum Gasteiger partial charge on any atom is -0.508 e. The number of amides is 2. The van der Waals surface area contributed by atoms with Gasteiger partial charge in [0.25, 0.3) is 0 Å². The number of hydrogen-bond donors (Lipinski definition) is 3. The largest absolute Gasteiger partial charge is 0.508 e. The van der Waals surface area contributed by atoms with Gasteiger partial charge in [0.1, 0.15) is 5.75 Å². The van der Waals surface area contributed by atoms with Gasteiger partial charge >= 0.3 is 6.03 Å². The molecule has 3 N–H and O–H groups in total. The Morgan fingerprint density at radius 3 is 2.33 bits per heavy atom. The fourth-order valence-corrected chi connectivity index (χ4v) is 2.07. The predicted octanol–water partition coefficient (Wildman–Crippen LogP) is 2.67. The predicted molar refractivity (Wildman–Crippen MR) is 91.5 cm³/mol. The molecule has 0 spiro atoms. The zero-order chi connectivity index (χ0) is 17.2. The molecular weight excluding hydrogens is 308 g/mol. The minimum absolute atomic E-state index is 0.0507. The third-order valence-electron chi connectivity index (χ3n) is 3.24. The molecule has 2 aromatic carbocycles. The summed E-state index contributed by atoms with van der Waals surface area (Å²) in [4.78, 5) is 11.7. The van der Waals surface area contributed by atoms with E-state index in [1.807, 2.05) is 37.3 Å². The molecule has 2 rings (SSSR count). The SMILES string of the molecule is CCOc1ccccc1OCNC(=O)NCCc1ccc(O)cc1. The van der Waals surface area contributed by atoms with Crippen molar-refractivity contribution in [3.8, 4) is 17.2 Å². The maximum atomic E-state index is 11.7. The van der Waals surface area contributed by atoms with Gasteiger partial charge in [-0.05, 0) is 43.2 Å². The summed E-state index contributed by atoms with van der Waals surface area (Å²) in [5, 5.41) is 14.6. The topological polar surface area (TPSA) is 79.8 Å². The Morgan fingerprint density at radius 1 is 1.00 bits per heavy atom. The summed E-state index contributed by atoms with van der Waals surface area (Å²) in [6.07, 6.45) is 0.682. The fourth-order valence-electron chi connectivity index (χ4n) is 2.07. The van der Waals surface area contributed by atoms with Crippen LogP contribution in [0.15, 0.2) is 48.5 Å². The van der Waals surface area contributed by atoms with Crippen LogP contribution >= 0.6 is 0 Å². The molecular formula is C18H22N2O4. The van der Waals surface area contributed by atoms with E-state index in [9.17, 15) is 9.90 Å². The molecule has 2 aromatic rings. The van der Waals surface area contributed by atoms with Gasteiger partial charge in [0.15, 0.2) is 18.2 Å². The number of carbonyl (C=O) groups is 1. The van der Waals surface area contributed by atoms with Gasteiger partial charge in [0, 0.05) is 6.54 Å². The van der Waals surface area contributed by atoms with Crippen LogP contribution in [0.4, 0.5) is 4.79 Å². The summed E-state index contributed by atoms with van der Waals surface area (Å²) in [5.74, 6) is 1.47. The van der Waals surface area contributed by atoms with E-state index in [0.717, 1.165) is 5.56 Å². The van der Waals surface area contributed by atoms with E-state index in [1.54, 1.807) is 18.2 Å². The van der Waals surface area contributed by atoms with E-state index in [0.29, 0.717) is 31.1 Å². The lowest BCUT2D eigenvalue weighted by Gasteiger charge is -2.12. The van der Waals surface area contributed by atoms with Gasteiger partial charge in [-0.1, -0.05) is 24.3 Å². The molecule has 0 fully saturated rings. The average molecular weight is 330 g/mol. The molecule has 0 aliphatic carbocycles. The molecule has 24 heavy (non-hydrogen) atoms. The van der Waals surface area contributed by atoms with Crippen LogP contribution in [0.25, 0.3) is 0 Å². The molecule has 0 heterocycles. The number of urea groups is 1. The molecule has 0 aliphatic heterocycles. The van der Waals surface area contributed by atoms with Crippen molar-refractivity contribution in [2.24, 2.45) is 0 Å². The molecule has 0 aliphatic rings. The molecule has 6 heteroatoms. The van der Waals surface area contributed by atoms with Crippen molar-refractivity contribution in [2.45, 2.75) is 13.3 Å². The summed E-state index contributed by atoms with van der Waals surface area (Å²) in [5.41, 5.74) is 1.04. The molecule has 2 amide bonds. The zero-order valence-electron chi connectivity index (χ0n) is 13.6. The third-order valence-corrected chi connectivity index (χ3v) is 3.24. The highest BCUT2D eigenvalue weighted by Crippen LogP contribution is 2.25. The standard InChI is InChI=1S/C18H22N2O4/c1-2-23-16-5-3-4-6-17(16)24-13-20-18(22)19-12-11-14-7-9-15(21)10-8-14/h3-10,21H,2,11-13H2,1H3,(H2,19,20,22). The molecule has 0 atom stereocenters. The van der Waals surface area contributed by atoms with Gasteiger partial charge in [-0.15, -0.1) is 0 Å². The number of ether oxygens (including phenoxy) is 2. The number of para-hydroxylation sites is 2. The van der Waals surface area contributed by atoms with E-state index >= 15 is 0 Å². The highest BCUT2D eigenvalue weighted by atomic mass is 16.5. The molecule has 128 valence electrons. The Hall–Kier alpha value is -2.89. The number of nitrogens with one attached hydrogen (secondary N) is 2. The molecule has 0 unspecified atom stereocenters. The second kappa shape index (κ2) is 9.29. The molecule has 6 nitrogen and oxygen atoms in total. The first-order chi connectivity index (χ1) is 11.7. The first-order valence-electron chi connectivity index (χ1n) is 7.83. The number of benzene rings is 2. The van der Waals surface area contributed by atoms with Crippen molar-refractivity contribution < 1.29 is 19.4 Å². The van der Waals surface area contributed by atoms with E-state index in [1.165, 1.54) is 0 Å².